The Labute approximate surface area is 129 Å². The molecule has 5 nitrogen and oxygen atoms in total. The number of nitrogens with zero attached hydrogens (tertiary/aromatic N) is 1. The Morgan fingerprint density at radius 3 is 2.64 bits per heavy atom. The summed E-state index contributed by atoms with van der Waals surface area (Å²) in [5, 5.41) is 2.85. The summed E-state index contributed by atoms with van der Waals surface area (Å²) in [5.41, 5.74) is 0.539. The first-order chi connectivity index (χ1) is 10.4. The molecule has 22 heavy (non-hydrogen) atoms. The predicted molar refractivity (Wildman–Crippen MR) is 79.2 cm³/mol. The van der Waals surface area contributed by atoms with Crippen LogP contribution in [-0.4, -0.2) is 37.3 Å². The Balaban J connectivity index is 1.87. The summed E-state index contributed by atoms with van der Waals surface area (Å²) in [7, 11) is -3.86. The average molecular weight is 326 g/mol. The number of nitrogens with one attached hydrogen (secondary N) is 1. The lowest BCUT2D eigenvalue weighted by atomic mass is 10.2. The van der Waals surface area contributed by atoms with Crippen molar-refractivity contribution in [2.45, 2.75) is 49.6 Å². The van der Waals surface area contributed by atoms with Crippen molar-refractivity contribution in [1.82, 2.24) is 9.62 Å². The molecule has 1 aliphatic heterocycles. The number of carbonyl (C=O) groups excluding carboxylic acids is 1. The second-order valence-electron chi connectivity index (χ2n) is 6.02. The van der Waals surface area contributed by atoms with Crippen LogP contribution in [0.3, 0.4) is 0 Å². The Bertz CT molecular complexity index is 680. The fourth-order valence-corrected chi connectivity index (χ4v) is 4.57. The topological polar surface area (TPSA) is 66.5 Å². The number of hydrogen-bond donors (Lipinski definition) is 1. The van der Waals surface area contributed by atoms with Crippen molar-refractivity contribution >= 4 is 15.9 Å². The molecule has 120 valence electrons. The van der Waals surface area contributed by atoms with E-state index in [2.05, 4.69) is 5.32 Å². The second kappa shape index (κ2) is 5.62. The lowest BCUT2D eigenvalue weighted by Gasteiger charge is -2.23. The molecule has 1 unspecified atom stereocenters. The highest BCUT2D eigenvalue weighted by atomic mass is 32.2. The van der Waals surface area contributed by atoms with Crippen molar-refractivity contribution in [3.05, 3.63) is 29.6 Å². The van der Waals surface area contributed by atoms with Gasteiger partial charge >= 0.3 is 0 Å². The molecule has 1 aliphatic carbocycles. The summed E-state index contributed by atoms with van der Waals surface area (Å²) in [5.74, 6) is -0.826. The van der Waals surface area contributed by atoms with E-state index < -0.39 is 21.9 Å². The molecular formula is C15H19FN2O3S. The average Bonchev–Trinajstić information content (AvgIpc) is 3.09. The molecule has 1 saturated carbocycles. The summed E-state index contributed by atoms with van der Waals surface area (Å²) < 4.78 is 40.2. The zero-order valence-electron chi connectivity index (χ0n) is 12.4. The van der Waals surface area contributed by atoms with Gasteiger partial charge in [-0.2, -0.15) is 4.31 Å². The number of aryl methyl sites for hydroxylation is 1. The summed E-state index contributed by atoms with van der Waals surface area (Å²) in [6.07, 6.45) is 3.05. The highest BCUT2D eigenvalue weighted by Gasteiger charge is 2.40. The number of benzene rings is 1. The second-order valence-corrected chi connectivity index (χ2v) is 7.91. The Morgan fingerprint density at radius 2 is 2.00 bits per heavy atom. The lowest BCUT2D eigenvalue weighted by Crippen LogP contribution is -2.46. The summed E-state index contributed by atoms with van der Waals surface area (Å²) in [6, 6.07) is 3.23. The lowest BCUT2D eigenvalue weighted by molar-refractivity contribution is -0.124. The minimum atomic E-state index is -3.86. The van der Waals surface area contributed by atoms with E-state index in [0.717, 1.165) is 18.9 Å². The van der Waals surface area contributed by atoms with Gasteiger partial charge in [-0.25, -0.2) is 12.8 Å². The third-order valence-electron chi connectivity index (χ3n) is 4.05. The molecule has 0 bridgehead atoms. The van der Waals surface area contributed by atoms with Crippen LogP contribution in [0.25, 0.3) is 0 Å². The Morgan fingerprint density at radius 1 is 1.27 bits per heavy atom. The van der Waals surface area contributed by atoms with E-state index in [9.17, 15) is 17.6 Å². The smallest absolute Gasteiger partial charge is 0.243 e. The third-order valence-corrected chi connectivity index (χ3v) is 5.94. The monoisotopic (exact) mass is 326 g/mol. The molecule has 1 heterocycles. The minimum absolute atomic E-state index is 0.0869. The van der Waals surface area contributed by atoms with Gasteiger partial charge in [0.05, 0.1) is 4.90 Å². The van der Waals surface area contributed by atoms with Gasteiger partial charge in [0.15, 0.2) is 0 Å². The van der Waals surface area contributed by atoms with Crippen molar-refractivity contribution < 1.29 is 17.6 Å². The van der Waals surface area contributed by atoms with Gasteiger partial charge in [-0.15, -0.1) is 0 Å². The van der Waals surface area contributed by atoms with Crippen LogP contribution >= 0.6 is 0 Å². The van der Waals surface area contributed by atoms with Gasteiger partial charge in [0.25, 0.3) is 0 Å². The van der Waals surface area contributed by atoms with E-state index in [1.807, 2.05) is 0 Å². The number of halogens is 1. The van der Waals surface area contributed by atoms with E-state index in [0.29, 0.717) is 24.9 Å². The maximum absolute atomic E-state index is 13.5. The van der Waals surface area contributed by atoms with Crippen molar-refractivity contribution in [2.24, 2.45) is 0 Å². The predicted octanol–water partition coefficient (Wildman–Crippen LogP) is 1.57. The van der Waals surface area contributed by atoms with E-state index in [4.69, 9.17) is 0 Å². The molecule has 0 aromatic heterocycles. The maximum atomic E-state index is 13.5. The number of rotatable bonds is 4. The molecule has 2 fully saturated rings. The Kier molecular flexibility index (Phi) is 3.94. The first kappa shape index (κ1) is 15.4. The molecule has 1 aromatic carbocycles. The summed E-state index contributed by atoms with van der Waals surface area (Å²) in [4.78, 5) is 12.1. The van der Waals surface area contributed by atoms with Gasteiger partial charge in [-0.3, -0.25) is 4.79 Å². The first-order valence-electron chi connectivity index (χ1n) is 7.47. The largest absolute Gasteiger partial charge is 0.352 e. The Hall–Kier alpha value is -1.47. The molecule has 3 rings (SSSR count). The van der Waals surface area contributed by atoms with Crippen LogP contribution in [0.5, 0.6) is 0 Å². The van der Waals surface area contributed by atoms with Crippen LogP contribution in [0.15, 0.2) is 23.1 Å². The van der Waals surface area contributed by atoms with Crippen LogP contribution in [0.4, 0.5) is 4.39 Å². The van der Waals surface area contributed by atoms with Crippen molar-refractivity contribution in [1.29, 1.82) is 0 Å². The minimum Gasteiger partial charge on any atom is -0.352 e. The number of hydrogen-bond acceptors (Lipinski definition) is 3. The molecule has 2 aliphatic rings. The van der Waals surface area contributed by atoms with E-state index in [1.165, 1.54) is 16.4 Å². The fourth-order valence-electron chi connectivity index (χ4n) is 2.80. The molecule has 7 heteroatoms. The van der Waals surface area contributed by atoms with Crippen molar-refractivity contribution in [3.63, 3.8) is 0 Å². The normalized spacial score (nSPS) is 22.7. The van der Waals surface area contributed by atoms with Gasteiger partial charge in [0.2, 0.25) is 15.9 Å². The third kappa shape index (κ3) is 3.01. The van der Waals surface area contributed by atoms with Crippen LogP contribution in [-0.2, 0) is 14.8 Å². The molecule has 1 amide bonds. The van der Waals surface area contributed by atoms with Crippen LogP contribution in [0.2, 0.25) is 0 Å². The molecule has 0 radical (unpaired) electrons. The molecular weight excluding hydrogens is 307 g/mol. The van der Waals surface area contributed by atoms with E-state index in [1.54, 1.807) is 6.92 Å². The van der Waals surface area contributed by atoms with Crippen molar-refractivity contribution in [3.8, 4) is 0 Å². The van der Waals surface area contributed by atoms with E-state index in [-0.39, 0.29) is 16.8 Å². The van der Waals surface area contributed by atoms with Gasteiger partial charge in [-0.05, 0) is 56.4 Å². The maximum Gasteiger partial charge on any atom is 0.243 e. The summed E-state index contributed by atoms with van der Waals surface area (Å²) >= 11 is 0. The SMILES string of the molecule is Cc1cc(F)cc(S(=O)(=O)N2CCCC2C(=O)NC2CC2)c1. The van der Waals surface area contributed by atoms with Crippen LogP contribution in [0, 0.1) is 12.7 Å². The van der Waals surface area contributed by atoms with Gasteiger partial charge in [0.1, 0.15) is 11.9 Å². The van der Waals surface area contributed by atoms with Gasteiger partial charge < -0.3 is 5.32 Å². The standard InChI is InChI=1S/C15H19FN2O3S/c1-10-7-11(16)9-13(8-10)22(20,21)18-6-2-3-14(18)15(19)17-12-4-5-12/h7-9,12,14H,2-6H2,1H3,(H,17,19). The highest BCUT2D eigenvalue weighted by Crippen LogP contribution is 2.28. The zero-order chi connectivity index (χ0) is 15.9. The van der Waals surface area contributed by atoms with E-state index >= 15 is 0 Å². The fraction of sp³-hybridized carbons (Fsp3) is 0.533. The molecule has 1 aromatic rings. The molecule has 0 spiro atoms. The molecule has 1 atom stereocenters. The molecule has 1 saturated heterocycles. The highest BCUT2D eigenvalue weighted by molar-refractivity contribution is 7.89. The summed E-state index contributed by atoms with van der Waals surface area (Å²) in [6.45, 7) is 1.93. The van der Waals surface area contributed by atoms with Gasteiger partial charge in [-0.1, -0.05) is 0 Å². The zero-order valence-corrected chi connectivity index (χ0v) is 13.2. The number of sulfonamides is 1. The molecule has 1 N–H and O–H groups in total. The van der Waals surface area contributed by atoms with Gasteiger partial charge in [0, 0.05) is 12.6 Å². The first-order valence-corrected chi connectivity index (χ1v) is 8.91. The van der Waals surface area contributed by atoms with Crippen LogP contribution in [0.1, 0.15) is 31.2 Å². The number of amides is 1. The quantitative estimate of drug-likeness (QED) is 0.913. The van der Waals surface area contributed by atoms with Crippen molar-refractivity contribution in [2.75, 3.05) is 6.54 Å². The van der Waals surface area contributed by atoms with Crippen LogP contribution < -0.4 is 5.32 Å². The number of carbonyl (C=O) groups is 1.